The third-order valence-corrected chi connectivity index (χ3v) is 4.97. The number of hydrogen-bond donors (Lipinski definition) is 2. The van der Waals surface area contributed by atoms with E-state index in [1.807, 2.05) is 18.4 Å². The Kier molecular flexibility index (Phi) is 5.10. The number of benzene rings is 1. The van der Waals surface area contributed by atoms with Crippen LogP contribution in [0.5, 0.6) is 5.75 Å². The Morgan fingerprint density at radius 1 is 1.38 bits per heavy atom. The molecule has 0 bridgehead atoms. The van der Waals surface area contributed by atoms with Gasteiger partial charge in [0.15, 0.2) is 11.7 Å². The number of alkyl halides is 3. The summed E-state index contributed by atoms with van der Waals surface area (Å²) in [6, 6.07) is 7.65. The second-order valence-electron chi connectivity index (χ2n) is 5.96. The molecule has 3 N–H and O–H groups in total. The fourth-order valence-corrected chi connectivity index (χ4v) is 3.76. The number of guanidine groups is 1. The molecule has 1 unspecified atom stereocenters. The first-order valence-electron chi connectivity index (χ1n) is 7.89. The van der Waals surface area contributed by atoms with E-state index in [1.54, 1.807) is 17.4 Å². The zero-order valence-electron chi connectivity index (χ0n) is 14.0. The number of aliphatic imine (C=N–C) groups is 1. The number of rotatable bonds is 4. The maximum Gasteiger partial charge on any atom is 0.573 e. The second-order valence-corrected chi connectivity index (χ2v) is 6.96. The number of fused-ring (bicyclic) bond motifs is 1. The van der Waals surface area contributed by atoms with E-state index < -0.39 is 12.0 Å². The van der Waals surface area contributed by atoms with E-state index in [0.717, 1.165) is 12.0 Å². The third-order valence-electron chi connectivity index (χ3n) is 3.99. The molecule has 9 heteroatoms. The number of nitrogens with zero attached hydrogens (tertiary/aromatic N) is 1. The van der Waals surface area contributed by atoms with Crippen molar-refractivity contribution in [1.29, 1.82) is 0 Å². The highest BCUT2D eigenvalue weighted by molar-refractivity contribution is 7.10. The summed E-state index contributed by atoms with van der Waals surface area (Å²) in [5.74, 6) is -0.395. The summed E-state index contributed by atoms with van der Waals surface area (Å²) in [4.78, 5) is 5.51. The fourth-order valence-electron chi connectivity index (χ4n) is 2.78. The molecule has 0 aliphatic carbocycles. The molecule has 0 amide bonds. The van der Waals surface area contributed by atoms with Gasteiger partial charge in [0.05, 0.1) is 18.8 Å². The molecule has 0 saturated carbocycles. The zero-order chi connectivity index (χ0) is 18.8. The molecule has 0 spiro atoms. The van der Waals surface area contributed by atoms with Crippen LogP contribution in [0.2, 0.25) is 0 Å². The molecule has 0 fully saturated rings. The van der Waals surface area contributed by atoms with Gasteiger partial charge in [-0.1, -0.05) is 12.1 Å². The van der Waals surface area contributed by atoms with Crippen LogP contribution in [-0.4, -0.2) is 25.5 Å². The molecule has 1 aromatic heterocycles. The standard InChI is InChI=1S/C17H18F3N3O2S/c1-16(11-7-9-26-14(11)6-8-24-16)10-22-15(21)23-12-4-2-3-5-13(12)25-17(18,19)20/h2-5,7,9H,6,8,10H2,1H3,(H3,21,22,23). The lowest BCUT2D eigenvalue weighted by Gasteiger charge is -2.33. The molecule has 26 heavy (non-hydrogen) atoms. The average Bonchev–Trinajstić information content (AvgIpc) is 3.04. The van der Waals surface area contributed by atoms with Crippen molar-refractivity contribution < 1.29 is 22.6 Å². The predicted octanol–water partition coefficient (Wildman–Crippen LogP) is 3.86. The van der Waals surface area contributed by atoms with Crippen LogP contribution in [0, 0.1) is 0 Å². The quantitative estimate of drug-likeness (QED) is 0.619. The molecule has 0 radical (unpaired) electrons. The maximum absolute atomic E-state index is 12.5. The Morgan fingerprint density at radius 3 is 2.92 bits per heavy atom. The Bertz CT molecular complexity index is 807. The molecule has 2 heterocycles. The second kappa shape index (κ2) is 7.16. The van der Waals surface area contributed by atoms with Crippen molar-refractivity contribution >= 4 is 23.0 Å². The van der Waals surface area contributed by atoms with Crippen LogP contribution in [0.3, 0.4) is 0 Å². The van der Waals surface area contributed by atoms with Crippen molar-refractivity contribution in [2.24, 2.45) is 10.7 Å². The number of nitrogens with one attached hydrogen (secondary N) is 1. The Labute approximate surface area is 152 Å². The summed E-state index contributed by atoms with van der Waals surface area (Å²) in [6.07, 6.45) is -3.93. The predicted molar refractivity (Wildman–Crippen MR) is 94.6 cm³/mol. The van der Waals surface area contributed by atoms with Gasteiger partial charge in [-0.3, -0.25) is 0 Å². The average molecular weight is 385 g/mol. The van der Waals surface area contributed by atoms with Gasteiger partial charge in [0.2, 0.25) is 0 Å². The molecule has 140 valence electrons. The molecule has 5 nitrogen and oxygen atoms in total. The monoisotopic (exact) mass is 385 g/mol. The first-order valence-corrected chi connectivity index (χ1v) is 8.77. The van der Waals surface area contributed by atoms with Crippen molar-refractivity contribution in [3.05, 3.63) is 46.2 Å². The van der Waals surface area contributed by atoms with Gasteiger partial charge in [-0.25, -0.2) is 4.99 Å². The van der Waals surface area contributed by atoms with Gasteiger partial charge in [0, 0.05) is 11.3 Å². The first kappa shape index (κ1) is 18.5. The van der Waals surface area contributed by atoms with E-state index in [9.17, 15) is 13.2 Å². The highest BCUT2D eigenvalue weighted by atomic mass is 32.1. The van der Waals surface area contributed by atoms with Crippen molar-refractivity contribution in [3.63, 3.8) is 0 Å². The van der Waals surface area contributed by atoms with E-state index in [1.165, 1.54) is 23.1 Å². The Hall–Kier alpha value is -2.26. The van der Waals surface area contributed by atoms with Crippen molar-refractivity contribution in [1.82, 2.24) is 0 Å². The van der Waals surface area contributed by atoms with Crippen LogP contribution in [0.25, 0.3) is 0 Å². The molecule has 1 aliphatic heterocycles. The van der Waals surface area contributed by atoms with E-state index in [4.69, 9.17) is 10.5 Å². The minimum atomic E-state index is -4.79. The normalized spacial score (nSPS) is 20.5. The van der Waals surface area contributed by atoms with Gasteiger partial charge in [-0.15, -0.1) is 24.5 Å². The highest BCUT2D eigenvalue weighted by Gasteiger charge is 2.34. The van der Waals surface area contributed by atoms with Crippen LogP contribution >= 0.6 is 11.3 Å². The molecular formula is C17H18F3N3O2S. The van der Waals surface area contributed by atoms with Gasteiger partial charge in [0.25, 0.3) is 0 Å². The number of anilines is 1. The largest absolute Gasteiger partial charge is 0.573 e. The highest BCUT2D eigenvalue weighted by Crippen LogP contribution is 2.36. The lowest BCUT2D eigenvalue weighted by atomic mass is 9.93. The first-order chi connectivity index (χ1) is 12.3. The SMILES string of the molecule is CC1(CN=C(N)Nc2ccccc2OC(F)(F)F)OCCc2sccc21. The van der Waals surface area contributed by atoms with Gasteiger partial charge in [-0.2, -0.15) is 0 Å². The number of halogens is 3. The van der Waals surface area contributed by atoms with Crippen LogP contribution in [-0.2, 0) is 16.8 Å². The Morgan fingerprint density at radius 2 is 2.15 bits per heavy atom. The number of nitrogens with two attached hydrogens (primary N) is 1. The van der Waals surface area contributed by atoms with Crippen molar-refractivity contribution in [2.75, 3.05) is 18.5 Å². The third kappa shape index (κ3) is 4.28. The van der Waals surface area contributed by atoms with Crippen LogP contribution in [0.1, 0.15) is 17.4 Å². The van der Waals surface area contributed by atoms with Crippen molar-refractivity contribution in [2.45, 2.75) is 25.3 Å². The Balaban J connectivity index is 1.73. The van der Waals surface area contributed by atoms with Gasteiger partial charge in [-0.05, 0) is 36.1 Å². The molecule has 1 atom stereocenters. The minimum absolute atomic E-state index is 0.0181. The van der Waals surface area contributed by atoms with Gasteiger partial charge in [0.1, 0.15) is 5.60 Å². The van der Waals surface area contributed by atoms with Gasteiger partial charge >= 0.3 is 6.36 Å². The molecule has 2 aromatic rings. The number of thiophene rings is 1. The number of para-hydroxylation sites is 2. The minimum Gasteiger partial charge on any atom is -0.404 e. The van der Waals surface area contributed by atoms with E-state index in [2.05, 4.69) is 15.0 Å². The number of ether oxygens (including phenoxy) is 2. The summed E-state index contributed by atoms with van der Waals surface area (Å²) >= 11 is 1.67. The summed E-state index contributed by atoms with van der Waals surface area (Å²) in [5, 5.41) is 4.67. The van der Waals surface area contributed by atoms with Crippen LogP contribution in [0.15, 0.2) is 40.7 Å². The van der Waals surface area contributed by atoms with Crippen LogP contribution in [0.4, 0.5) is 18.9 Å². The molecule has 1 aliphatic rings. The van der Waals surface area contributed by atoms with E-state index >= 15 is 0 Å². The maximum atomic E-state index is 12.5. The number of hydrogen-bond acceptors (Lipinski definition) is 4. The molecule has 0 saturated heterocycles. The lowest BCUT2D eigenvalue weighted by Crippen LogP contribution is -2.36. The topological polar surface area (TPSA) is 68.9 Å². The molecule has 1 aromatic carbocycles. The summed E-state index contributed by atoms with van der Waals surface area (Å²) in [6.45, 7) is 2.77. The summed E-state index contributed by atoms with van der Waals surface area (Å²) in [5.41, 5.74) is 6.41. The van der Waals surface area contributed by atoms with E-state index in [-0.39, 0.29) is 23.9 Å². The van der Waals surface area contributed by atoms with E-state index in [0.29, 0.717) is 6.61 Å². The smallest absolute Gasteiger partial charge is 0.404 e. The van der Waals surface area contributed by atoms with Gasteiger partial charge < -0.3 is 20.5 Å². The lowest BCUT2D eigenvalue weighted by molar-refractivity contribution is -0.274. The fraction of sp³-hybridized carbons (Fsp3) is 0.353. The zero-order valence-corrected chi connectivity index (χ0v) is 14.8. The van der Waals surface area contributed by atoms with Crippen molar-refractivity contribution in [3.8, 4) is 5.75 Å². The summed E-state index contributed by atoms with van der Waals surface area (Å²) in [7, 11) is 0. The molecule has 3 rings (SSSR count). The summed E-state index contributed by atoms with van der Waals surface area (Å²) < 4.78 is 47.3. The molecular weight excluding hydrogens is 367 g/mol. The van der Waals surface area contributed by atoms with Crippen LogP contribution < -0.4 is 15.8 Å².